The van der Waals surface area contributed by atoms with Gasteiger partial charge < -0.3 is 5.32 Å². The molecule has 4 heteroatoms. The molecule has 2 nitrogen and oxygen atoms in total. The molecule has 2 aromatic carbocycles. The molecule has 0 atom stereocenters. The molecule has 0 spiro atoms. The molecule has 0 aliphatic heterocycles. The first-order chi connectivity index (χ1) is 8.97. The van der Waals surface area contributed by atoms with Gasteiger partial charge in [0.25, 0.3) is 5.91 Å². The molecule has 0 unspecified atom stereocenters. The van der Waals surface area contributed by atoms with Gasteiger partial charge in [0.05, 0.1) is 10.6 Å². The van der Waals surface area contributed by atoms with E-state index >= 15 is 0 Å². The summed E-state index contributed by atoms with van der Waals surface area (Å²) in [5.74, 6) is -0.240. The lowest BCUT2D eigenvalue weighted by Gasteiger charge is -2.10. The van der Waals surface area contributed by atoms with Crippen molar-refractivity contribution in [2.75, 3.05) is 5.32 Å². The SMILES string of the molecule is Cc1ccc(C(=O)Nc2cc(Cl)ccc2C)c(Cl)c1. The highest BCUT2D eigenvalue weighted by molar-refractivity contribution is 6.34. The third-order valence-electron chi connectivity index (χ3n) is 2.82. The topological polar surface area (TPSA) is 29.1 Å². The van der Waals surface area contributed by atoms with Gasteiger partial charge >= 0.3 is 0 Å². The number of aryl methyl sites for hydroxylation is 2. The number of hydrogen-bond acceptors (Lipinski definition) is 1. The number of rotatable bonds is 2. The average molecular weight is 294 g/mol. The molecule has 0 saturated carbocycles. The maximum atomic E-state index is 12.2. The highest BCUT2D eigenvalue weighted by Crippen LogP contribution is 2.23. The minimum Gasteiger partial charge on any atom is -0.322 e. The van der Waals surface area contributed by atoms with E-state index in [1.807, 2.05) is 26.0 Å². The van der Waals surface area contributed by atoms with E-state index < -0.39 is 0 Å². The molecule has 2 aromatic rings. The van der Waals surface area contributed by atoms with E-state index in [0.717, 1.165) is 11.1 Å². The van der Waals surface area contributed by atoms with E-state index in [-0.39, 0.29) is 5.91 Å². The van der Waals surface area contributed by atoms with Crippen molar-refractivity contribution in [2.45, 2.75) is 13.8 Å². The second-order valence-electron chi connectivity index (χ2n) is 4.40. The Balaban J connectivity index is 2.28. The van der Waals surface area contributed by atoms with Crippen molar-refractivity contribution < 1.29 is 4.79 Å². The molecule has 0 heterocycles. The predicted octanol–water partition coefficient (Wildman–Crippen LogP) is 4.86. The number of carbonyl (C=O) groups excluding carboxylic acids is 1. The van der Waals surface area contributed by atoms with Gasteiger partial charge in [-0.3, -0.25) is 4.79 Å². The maximum Gasteiger partial charge on any atom is 0.257 e. The monoisotopic (exact) mass is 293 g/mol. The lowest BCUT2D eigenvalue weighted by atomic mass is 10.1. The molecule has 0 bridgehead atoms. The van der Waals surface area contributed by atoms with Crippen LogP contribution in [0.2, 0.25) is 10.0 Å². The Bertz CT molecular complexity index is 638. The Kier molecular flexibility index (Phi) is 4.13. The fourth-order valence-electron chi connectivity index (χ4n) is 1.72. The van der Waals surface area contributed by atoms with Gasteiger partial charge in [-0.05, 0) is 49.2 Å². The summed E-state index contributed by atoms with van der Waals surface area (Å²) >= 11 is 12.0. The summed E-state index contributed by atoms with van der Waals surface area (Å²) in [4.78, 5) is 12.2. The van der Waals surface area contributed by atoms with Gasteiger partial charge in [-0.2, -0.15) is 0 Å². The van der Waals surface area contributed by atoms with E-state index in [9.17, 15) is 4.79 Å². The zero-order chi connectivity index (χ0) is 14.0. The van der Waals surface area contributed by atoms with Crippen LogP contribution in [0.5, 0.6) is 0 Å². The fraction of sp³-hybridized carbons (Fsp3) is 0.133. The first-order valence-corrected chi connectivity index (χ1v) is 6.56. The molecule has 0 aliphatic rings. The highest BCUT2D eigenvalue weighted by Gasteiger charge is 2.11. The van der Waals surface area contributed by atoms with Crippen LogP contribution >= 0.6 is 23.2 Å². The zero-order valence-corrected chi connectivity index (χ0v) is 12.1. The Labute approximate surface area is 122 Å². The largest absolute Gasteiger partial charge is 0.322 e. The van der Waals surface area contributed by atoms with Gasteiger partial charge in [0, 0.05) is 10.7 Å². The molecule has 19 heavy (non-hydrogen) atoms. The van der Waals surface area contributed by atoms with Crippen LogP contribution in [-0.4, -0.2) is 5.91 Å². The third kappa shape index (κ3) is 3.28. The van der Waals surface area contributed by atoms with Gasteiger partial charge in [0.2, 0.25) is 0 Å². The van der Waals surface area contributed by atoms with Crippen molar-refractivity contribution >= 4 is 34.8 Å². The Morgan fingerprint density at radius 1 is 1.05 bits per heavy atom. The van der Waals surface area contributed by atoms with Gasteiger partial charge in [0.1, 0.15) is 0 Å². The van der Waals surface area contributed by atoms with Crippen LogP contribution in [0.3, 0.4) is 0 Å². The summed E-state index contributed by atoms with van der Waals surface area (Å²) in [6.45, 7) is 3.83. The van der Waals surface area contributed by atoms with Gasteiger partial charge in [-0.15, -0.1) is 0 Å². The predicted molar refractivity (Wildman–Crippen MR) is 80.3 cm³/mol. The normalized spacial score (nSPS) is 10.3. The van der Waals surface area contributed by atoms with E-state index in [4.69, 9.17) is 23.2 Å². The summed E-state index contributed by atoms with van der Waals surface area (Å²) in [5.41, 5.74) is 3.10. The summed E-state index contributed by atoms with van der Waals surface area (Å²) in [7, 11) is 0. The van der Waals surface area contributed by atoms with Crippen molar-refractivity contribution in [3.8, 4) is 0 Å². The number of hydrogen-bond donors (Lipinski definition) is 1. The number of amides is 1. The van der Waals surface area contributed by atoms with Crippen molar-refractivity contribution in [1.29, 1.82) is 0 Å². The van der Waals surface area contributed by atoms with Gasteiger partial charge in [-0.25, -0.2) is 0 Å². The molecule has 1 amide bonds. The summed E-state index contributed by atoms with van der Waals surface area (Å²) in [6, 6.07) is 10.7. The smallest absolute Gasteiger partial charge is 0.257 e. The van der Waals surface area contributed by atoms with Crippen LogP contribution in [0, 0.1) is 13.8 Å². The second kappa shape index (κ2) is 5.64. The first kappa shape index (κ1) is 13.9. The molecule has 0 aromatic heterocycles. The van der Waals surface area contributed by atoms with Crippen LogP contribution in [0.25, 0.3) is 0 Å². The molecular weight excluding hydrogens is 281 g/mol. The summed E-state index contributed by atoms with van der Waals surface area (Å²) in [5, 5.41) is 3.84. The number of benzene rings is 2. The van der Waals surface area contributed by atoms with Crippen LogP contribution < -0.4 is 5.32 Å². The van der Waals surface area contributed by atoms with Crippen LogP contribution in [-0.2, 0) is 0 Å². The number of anilines is 1. The van der Waals surface area contributed by atoms with Crippen LogP contribution in [0.4, 0.5) is 5.69 Å². The fourth-order valence-corrected chi connectivity index (χ4v) is 2.22. The molecule has 0 fully saturated rings. The zero-order valence-electron chi connectivity index (χ0n) is 10.6. The standard InChI is InChI=1S/C15H13Cl2NO/c1-9-3-6-12(13(17)7-9)15(19)18-14-8-11(16)5-4-10(14)2/h3-8H,1-2H3,(H,18,19). The number of halogens is 2. The van der Waals surface area contributed by atoms with Crippen molar-refractivity contribution in [2.24, 2.45) is 0 Å². The summed E-state index contributed by atoms with van der Waals surface area (Å²) in [6.07, 6.45) is 0. The van der Waals surface area contributed by atoms with Crippen LogP contribution in [0.1, 0.15) is 21.5 Å². The van der Waals surface area contributed by atoms with Gasteiger partial charge in [-0.1, -0.05) is 35.3 Å². The Morgan fingerprint density at radius 2 is 1.79 bits per heavy atom. The van der Waals surface area contributed by atoms with E-state index in [0.29, 0.717) is 21.3 Å². The lowest BCUT2D eigenvalue weighted by Crippen LogP contribution is -2.13. The molecule has 0 saturated heterocycles. The van der Waals surface area contributed by atoms with Gasteiger partial charge in [0.15, 0.2) is 0 Å². The van der Waals surface area contributed by atoms with Crippen molar-refractivity contribution in [1.82, 2.24) is 0 Å². The number of carbonyl (C=O) groups is 1. The third-order valence-corrected chi connectivity index (χ3v) is 3.36. The Hall–Kier alpha value is -1.51. The summed E-state index contributed by atoms with van der Waals surface area (Å²) < 4.78 is 0. The molecule has 2 rings (SSSR count). The van der Waals surface area contributed by atoms with E-state index in [1.54, 1.807) is 24.3 Å². The Morgan fingerprint density at radius 3 is 2.47 bits per heavy atom. The van der Waals surface area contributed by atoms with E-state index in [1.165, 1.54) is 0 Å². The average Bonchev–Trinajstić information content (AvgIpc) is 2.33. The molecular formula is C15H13Cl2NO. The molecule has 1 N–H and O–H groups in total. The van der Waals surface area contributed by atoms with E-state index in [2.05, 4.69) is 5.32 Å². The van der Waals surface area contributed by atoms with Crippen molar-refractivity contribution in [3.63, 3.8) is 0 Å². The maximum absolute atomic E-state index is 12.2. The lowest BCUT2D eigenvalue weighted by molar-refractivity contribution is 0.102. The minimum atomic E-state index is -0.240. The highest BCUT2D eigenvalue weighted by atomic mass is 35.5. The van der Waals surface area contributed by atoms with Crippen molar-refractivity contribution in [3.05, 3.63) is 63.1 Å². The van der Waals surface area contributed by atoms with Crippen LogP contribution in [0.15, 0.2) is 36.4 Å². The second-order valence-corrected chi connectivity index (χ2v) is 5.24. The first-order valence-electron chi connectivity index (χ1n) is 5.81. The minimum absolute atomic E-state index is 0.240. The molecule has 0 aliphatic carbocycles. The number of nitrogens with one attached hydrogen (secondary N) is 1. The molecule has 0 radical (unpaired) electrons. The molecule has 98 valence electrons. The quantitative estimate of drug-likeness (QED) is 0.841.